The van der Waals surface area contributed by atoms with Gasteiger partial charge in [-0.25, -0.2) is 4.39 Å². The predicted octanol–water partition coefficient (Wildman–Crippen LogP) is 4.93. The van der Waals surface area contributed by atoms with Crippen LogP contribution in [0.4, 0.5) is 23.4 Å². The minimum Gasteiger partial charge on any atom is -0.354 e. The molecule has 0 unspecified atom stereocenters. The highest BCUT2D eigenvalue weighted by Crippen LogP contribution is 2.35. The molecule has 0 atom stereocenters. The molecule has 1 fully saturated rings. The number of aryl methyl sites for hydroxylation is 1. The molecule has 0 saturated carbocycles. The summed E-state index contributed by atoms with van der Waals surface area (Å²) in [5, 5.41) is 14.7. The Morgan fingerprint density at radius 3 is 2.46 bits per heavy atom. The molecule has 3 heterocycles. The van der Waals surface area contributed by atoms with Crippen molar-refractivity contribution in [3.63, 3.8) is 0 Å². The molecule has 1 aliphatic rings. The van der Waals surface area contributed by atoms with Crippen LogP contribution in [0.5, 0.6) is 0 Å². The smallest absolute Gasteiger partial charge is 0.354 e. The first kappa shape index (κ1) is 23.4. The zero-order chi connectivity index (χ0) is 27.2. The van der Waals surface area contributed by atoms with Gasteiger partial charge in [-0.3, -0.25) is 9.48 Å². The van der Waals surface area contributed by atoms with E-state index in [9.17, 15) is 22.4 Å². The molecule has 192 valence electrons. The van der Waals surface area contributed by atoms with Crippen LogP contribution < -0.4 is 4.90 Å². The number of anilines is 1. The number of rotatable bonds is 4. The van der Waals surface area contributed by atoms with Gasteiger partial charge in [-0.1, -0.05) is 24.3 Å². The Morgan fingerprint density at radius 2 is 1.81 bits per heavy atom. The van der Waals surface area contributed by atoms with E-state index in [4.69, 9.17) is 1.37 Å². The molecule has 0 N–H and O–H groups in total. The normalized spacial score (nSPS) is 15.2. The van der Waals surface area contributed by atoms with Gasteiger partial charge in [0.1, 0.15) is 11.5 Å². The summed E-state index contributed by atoms with van der Waals surface area (Å²) in [7, 11) is 3.21. The van der Waals surface area contributed by atoms with Crippen molar-refractivity contribution < 1.29 is 23.7 Å². The molecular formula is C26H24F4N6O. The average Bonchev–Trinajstić information content (AvgIpc) is 3.24. The van der Waals surface area contributed by atoms with Gasteiger partial charge in [0.25, 0.3) is 5.91 Å². The summed E-state index contributed by atoms with van der Waals surface area (Å²) < 4.78 is 63.6. The largest absolute Gasteiger partial charge is 0.417 e. The average molecular weight is 514 g/mol. The third kappa shape index (κ3) is 4.61. The molecule has 11 heteroatoms. The number of nitrogens with zero attached hydrogens (tertiary/aromatic N) is 6. The van der Waals surface area contributed by atoms with Crippen LogP contribution in [0.25, 0.3) is 22.2 Å². The highest BCUT2D eigenvalue weighted by atomic mass is 19.4. The minimum absolute atomic E-state index is 0.239. The number of amides is 1. The van der Waals surface area contributed by atoms with Gasteiger partial charge in [0.05, 0.1) is 18.2 Å². The summed E-state index contributed by atoms with van der Waals surface area (Å²) in [5.41, 5.74) is -0.745. The first-order valence-electron chi connectivity index (χ1n) is 12.2. The van der Waals surface area contributed by atoms with Crippen molar-refractivity contribution in [2.45, 2.75) is 25.1 Å². The third-order valence-corrected chi connectivity index (χ3v) is 6.80. The molecule has 4 aromatic rings. The van der Waals surface area contributed by atoms with Gasteiger partial charge in [0.15, 0.2) is 5.82 Å². The number of hydrogen-bond donors (Lipinski definition) is 0. The number of aromatic nitrogens is 4. The van der Waals surface area contributed by atoms with E-state index in [2.05, 4.69) is 15.3 Å². The van der Waals surface area contributed by atoms with Crippen LogP contribution in [0.1, 0.15) is 30.1 Å². The second kappa shape index (κ2) is 9.45. The van der Waals surface area contributed by atoms with E-state index in [1.165, 1.54) is 18.1 Å². The summed E-state index contributed by atoms with van der Waals surface area (Å²) in [6, 6.07) is 9.66. The van der Waals surface area contributed by atoms with Crippen LogP contribution in [-0.4, -0.2) is 57.0 Å². The Hall–Kier alpha value is -4.02. The Morgan fingerprint density at radius 1 is 1.11 bits per heavy atom. The summed E-state index contributed by atoms with van der Waals surface area (Å²) in [6.07, 6.45) is -2.40. The molecule has 5 rings (SSSR count). The molecular weight excluding hydrogens is 488 g/mol. The highest BCUT2D eigenvalue weighted by Gasteiger charge is 2.37. The molecule has 2 aromatic carbocycles. The van der Waals surface area contributed by atoms with Gasteiger partial charge in [0, 0.05) is 50.2 Å². The van der Waals surface area contributed by atoms with Crippen molar-refractivity contribution in [1.82, 2.24) is 24.9 Å². The molecule has 2 aromatic heterocycles. The van der Waals surface area contributed by atoms with Crippen LogP contribution in [0.15, 0.2) is 54.7 Å². The Labute approximate surface area is 211 Å². The Balaban J connectivity index is 1.37. The van der Waals surface area contributed by atoms with E-state index in [0.717, 1.165) is 22.9 Å². The van der Waals surface area contributed by atoms with Crippen molar-refractivity contribution >= 4 is 22.5 Å². The molecule has 37 heavy (non-hydrogen) atoms. The maximum absolute atomic E-state index is 13.5. The SMILES string of the molecule is [2H]c1cnn(C)c1-c1nnc(N2CCC(N(C)C(=O)c3ccc(F)cc3C(F)(F)F)CC2)c2ccccc12. The second-order valence-corrected chi connectivity index (χ2v) is 9.00. The van der Waals surface area contributed by atoms with Crippen molar-refractivity contribution in [2.75, 3.05) is 25.0 Å². The van der Waals surface area contributed by atoms with E-state index in [-0.39, 0.29) is 12.1 Å². The molecule has 0 spiro atoms. The number of alkyl halides is 3. The molecule has 1 amide bonds. The number of fused-ring (bicyclic) bond motifs is 1. The maximum atomic E-state index is 13.5. The van der Waals surface area contributed by atoms with Crippen LogP contribution in [0.2, 0.25) is 0 Å². The fraction of sp³-hybridized carbons (Fsp3) is 0.308. The van der Waals surface area contributed by atoms with Gasteiger partial charge in [0.2, 0.25) is 0 Å². The van der Waals surface area contributed by atoms with Gasteiger partial charge < -0.3 is 9.80 Å². The molecule has 0 bridgehead atoms. The topological polar surface area (TPSA) is 67.2 Å². The second-order valence-electron chi connectivity index (χ2n) is 9.00. The number of hydrogen-bond acceptors (Lipinski definition) is 5. The standard InChI is InChI=1S/C26H24F4N6O/c1-34(25(37)20-8-7-16(27)15-21(20)26(28,29)30)17-10-13-36(14-11-17)24-19-6-4-3-5-18(19)23(32-33-24)22-9-12-31-35(22)2/h3-9,12,15,17H,10-11,13-14H2,1-2H3/i9D. The lowest BCUT2D eigenvalue weighted by Gasteiger charge is -2.37. The fourth-order valence-corrected chi connectivity index (χ4v) is 4.81. The summed E-state index contributed by atoms with van der Waals surface area (Å²) in [5.74, 6) is -1.19. The van der Waals surface area contributed by atoms with Crippen LogP contribution in [-0.2, 0) is 13.2 Å². The van der Waals surface area contributed by atoms with Gasteiger partial charge in [-0.05, 0) is 37.1 Å². The zero-order valence-corrected chi connectivity index (χ0v) is 20.1. The molecule has 7 nitrogen and oxygen atoms in total. The quantitative estimate of drug-likeness (QED) is 0.362. The van der Waals surface area contributed by atoms with E-state index in [1.807, 2.05) is 29.2 Å². The predicted molar refractivity (Wildman–Crippen MR) is 130 cm³/mol. The number of halogens is 4. The Kier molecular flexibility index (Phi) is 5.97. The molecule has 0 aliphatic carbocycles. The van der Waals surface area contributed by atoms with Crippen molar-refractivity contribution in [3.05, 3.63) is 71.6 Å². The van der Waals surface area contributed by atoms with Crippen LogP contribution in [0, 0.1) is 5.82 Å². The Bertz CT molecular complexity index is 1490. The van der Waals surface area contributed by atoms with E-state index < -0.39 is 29.0 Å². The van der Waals surface area contributed by atoms with E-state index >= 15 is 0 Å². The number of piperidine rings is 1. The zero-order valence-electron chi connectivity index (χ0n) is 21.1. The van der Waals surface area contributed by atoms with Crippen LogP contribution >= 0.6 is 0 Å². The highest BCUT2D eigenvalue weighted by molar-refractivity contribution is 6.00. The lowest BCUT2D eigenvalue weighted by atomic mass is 10.00. The first-order valence-corrected chi connectivity index (χ1v) is 11.7. The summed E-state index contributed by atoms with van der Waals surface area (Å²) in [4.78, 5) is 16.3. The number of benzene rings is 2. The minimum atomic E-state index is -4.85. The lowest BCUT2D eigenvalue weighted by Crippen LogP contribution is -2.46. The van der Waals surface area contributed by atoms with Gasteiger partial charge in [-0.15, -0.1) is 10.2 Å². The first-order chi connectivity index (χ1) is 18.1. The molecule has 0 radical (unpaired) electrons. The monoisotopic (exact) mass is 513 g/mol. The molecule has 1 saturated heterocycles. The van der Waals surface area contributed by atoms with E-state index in [1.54, 1.807) is 11.7 Å². The summed E-state index contributed by atoms with van der Waals surface area (Å²) >= 11 is 0. The van der Waals surface area contributed by atoms with Crippen molar-refractivity contribution in [1.29, 1.82) is 0 Å². The van der Waals surface area contributed by atoms with Crippen molar-refractivity contribution in [3.8, 4) is 11.4 Å². The third-order valence-electron chi connectivity index (χ3n) is 6.80. The lowest BCUT2D eigenvalue weighted by molar-refractivity contribution is -0.138. The van der Waals surface area contributed by atoms with Crippen molar-refractivity contribution in [2.24, 2.45) is 7.05 Å². The van der Waals surface area contributed by atoms with Gasteiger partial charge >= 0.3 is 6.18 Å². The molecule has 1 aliphatic heterocycles. The van der Waals surface area contributed by atoms with E-state index in [0.29, 0.717) is 49.2 Å². The number of carbonyl (C=O) groups excluding carboxylic acids is 1. The summed E-state index contributed by atoms with van der Waals surface area (Å²) in [6.45, 7) is 1.01. The van der Waals surface area contributed by atoms with Crippen LogP contribution in [0.3, 0.4) is 0 Å². The maximum Gasteiger partial charge on any atom is 0.417 e. The van der Waals surface area contributed by atoms with Gasteiger partial charge in [-0.2, -0.15) is 18.3 Å². The fourth-order valence-electron chi connectivity index (χ4n) is 4.81. The number of carbonyl (C=O) groups is 1.